The molecule has 5 nitrogen and oxygen atoms in total. The Labute approximate surface area is 206 Å². The van der Waals surface area contributed by atoms with E-state index in [9.17, 15) is 13.2 Å². The molecule has 1 aromatic carbocycles. The van der Waals surface area contributed by atoms with Crippen LogP contribution in [0, 0.1) is 5.41 Å². The number of allylic oxidation sites excluding steroid dienone is 2. The number of carbonyl (C=O) groups is 1. The summed E-state index contributed by atoms with van der Waals surface area (Å²) < 4.78 is 28.6. The number of hydrogen-bond acceptors (Lipinski definition) is 3. The molecule has 29 heavy (non-hydrogen) atoms. The fourth-order valence-corrected chi connectivity index (χ4v) is 5.12. The van der Waals surface area contributed by atoms with E-state index in [0.29, 0.717) is 13.0 Å². The third kappa shape index (κ3) is 9.66. The molecule has 1 fully saturated rings. The van der Waals surface area contributed by atoms with E-state index < -0.39 is 16.0 Å². The van der Waals surface area contributed by atoms with Gasteiger partial charge in [0.25, 0.3) is 0 Å². The van der Waals surface area contributed by atoms with Crippen LogP contribution in [0.1, 0.15) is 65.6 Å². The number of carboxylic acids is 1. The van der Waals surface area contributed by atoms with Crippen LogP contribution in [0.3, 0.4) is 0 Å². The summed E-state index contributed by atoms with van der Waals surface area (Å²) in [7, 11) is -3.49. The molecule has 0 bridgehead atoms. The predicted octanol–water partition coefficient (Wildman–Crippen LogP) is 2.39. The summed E-state index contributed by atoms with van der Waals surface area (Å²) in [5.41, 5.74) is 0.143. The summed E-state index contributed by atoms with van der Waals surface area (Å²) in [6.45, 7) is 0.436. The largest absolute Gasteiger partial charge is 1.00 e. The van der Waals surface area contributed by atoms with Gasteiger partial charge in [0, 0.05) is 17.4 Å². The maximum Gasteiger partial charge on any atom is 1.00 e. The van der Waals surface area contributed by atoms with E-state index >= 15 is 0 Å². The van der Waals surface area contributed by atoms with Gasteiger partial charge in [0.15, 0.2) is 0 Å². The standard InChI is InChI=1S/C21H30BrNO4S.Na.H/c22-18-9-11-19(12-10-18)28(26,27)23-17-16-21(14-6-3-7-15-21)13-5-2-1-4-8-20(24)25;;/h2,5,9-12,23H,1,3-4,6-8,13-17H2,(H,24,25);;/q;+1;-1/b5-2-;;. The molecular weight excluding hydrogens is 465 g/mol. The molecule has 0 aromatic heterocycles. The first kappa shape index (κ1) is 26.9. The van der Waals surface area contributed by atoms with Crippen LogP contribution in [0.4, 0.5) is 0 Å². The molecule has 8 heteroatoms. The minimum Gasteiger partial charge on any atom is -1.00 e. The molecule has 158 valence electrons. The summed E-state index contributed by atoms with van der Waals surface area (Å²) in [6, 6.07) is 6.66. The minimum absolute atomic E-state index is 0. The fraction of sp³-hybridized carbons (Fsp3) is 0.571. The molecule has 0 aliphatic heterocycles. The van der Waals surface area contributed by atoms with Crippen molar-refractivity contribution in [3.05, 3.63) is 40.9 Å². The van der Waals surface area contributed by atoms with Crippen LogP contribution in [0.25, 0.3) is 0 Å². The second kappa shape index (κ2) is 13.3. The van der Waals surface area contributed by atoms with Crippen molar-refractivity contribution in [2.45, 2.75) is 69.1 Å². The molecule has 0 spiro atoms. The Morgan fingerprint density at radius 3 is 2.45 bits per heavy atom. The molecule has 1 aliphatic carbocycles. The van der Waals surface area contributed by atoms with Gasteiger partial charge in [0.05, 0.1) is 4.90 Å². The number of aliphatic carboxylic acids is 1. The molecular formula is C21H31BrNNaO4S. The molecule has 0 radical (unpaired) electrons. The quantitative estimate of drug-likeness (QED) is 0.280. The Kier molecular flexibility index (Phi) is 12.3. The average Bonchev–Trinajstić information content (AvgIpc) is 2.65. The van der Waals surface area contributed by atoms with Gasteiger partial charge >= 0.3 is 35.5 Å². The molecule has 0 heterocycles. The first-order chi connectivity index (χ1) is 13.3. The van der Waals surface area contributed by atoms with Gasteiger partial charge in [-0.05, 0) is 68.2 Å². The molecule has 0 atom stereocenters. The van der Waals surface area contributed by atoms with Gasteiger partial charge in [-0.2, -0.15) is 0 Å². The summed E-state index contributed by atoms with van der Waals surface area (Å²) in [5.74, 6) is -0.754. The molecule has 1 saturated carbocycles. The first-order valence-electron chi connectivity index (χ1n) is 9.95. The van der Waals surface area contributed by atoms with Gasteiger partial charge in [0.1, 0.15) is 0 Å². The zero-order chi connectivity index (χ0) is 20.5. The van der Waals surface area contributed by atoms with Crippen LogP contribution in [0.2, 0.25) is 0 Å². The van der Waals surface area contributed by atoms with Gasteiger partial charge in [-0.1, -0.05) is 47.3 Å². The van der Waals surface area contributed by atoms with E-state index in [1.165, 1.54) is 19.3 Å². The van der Waals surface area contributed by atoms with E-state index in [1.807, 2.05) is 0 Å². The number of benzene rings is 1. The monoisotopic (exact) mass is 495 g/mol. The average molecular weight is 496 g/mol. The summed E-state index contributed by atoms with van der Waals surface area (Å²) in [6.07, 6.45) is 13.5. The number of rotatable bonds is 11. The molecule has 1 aromatic rings. The summed E-state index contributed by atoms with van der Waals surface area (Å²) in [4.78, 5) is 10.9. The number of hydrogen-bond donors (Lipinski definition) is 2. The first-order valence-corrected chi connectivity index (χ1v) is 12.2. The zero-order valence-electron chi connectivity index (χ0n) is 18.2. The van der Waals surface area contributed by atoms with Gasteiger partial charge in [-0.25, -0.2) is 13.1 Å². The van der Waals surface area contributed by atoms with Crippen LogP contribution in [-0.2, 0) is 14.8 Å². The van der Waals surface area contributed by atoms with Crippen molar-refractivity contribution in [3.63, 3.8) is 0 Å². The number of carboxylic acid groups (broad SMARTS) is 1. The third-order valence-corrected chi connectivity index (χ3v) is 7.47. The van der Waals surface area contributed by atoms with Crippen molar-refractivity contribution in [3.8, 4) is 0 Å². The Morgan fingerprint density at radius 1 is 1.17 bits per heavy atom. The zero-order valence-corrected chi connectivity index (χ0v) is 21.6. The predicted molar refractivity (Wildman–Crippen MR) is 116 cm³/mol. The molecule has 0 unspecified atom stereocenters. The normalized spacial score (nSPS) is 16.4. The van der Waals surface area contributed by atoms with Crippen molar-refractivity contribution in [2.24, 2.45) is 5.41 Å². The molecule has 1 aliphatic rings. The Bertz CT molecular complexity index is 766. The maximum atomic E-state index is 12.5. The van der Waals surface area contributed by atoms with Crippen molar-refractivity contribution in [1.29, 1.82) is 0 Å². The number of sulfonamides is 1. The van der Waals surface area contributed by atoms with E-state index in [4.69, 9.17) is 5.11 Å². The van der Waals surface area contributed by atoms with Crippen LogP contribution < -0.4 is 34.3 Å². The van der Waals surface area contributed by atoms with Gasteiger partial charge in [-0.15, -0.1) is 0 Å². The van der Waals surface area contributed by atoms with Gasteiger partial charge < -0.3 is 6.53 Å². The SMILES string of the molecule is O=C(O)CCC/C=C\CC1(CCNS(=O)(=O)c2ccc(Br)cc2)CCCCC1.[H-].[Na+]. The van der Waals surface area contributed by atoms with Gasteiger partial charge in [-0.3, -0.25) is 4.79 Å². The smallest absolute Gasteiger partial charge is 1.00 e. The molecule has 2 N–H and O–H groups in total. The van der Waals surface area contributed by atoms with Crippen molar-refractivity contribution in [1.82, 2.24) is 4.72 Å². The maximum absolute atomic E-state index is 12.5. The van der Waals surface area contributed by atoms with Crippen LogP contribution in [-0.4, -0.2) is 26.0 Å². The Morgan fingerprint density at radius 2 is 1.83 bits per heavy atom. The van der Waals surface area contributed by atoms with E-state index in [1.54, 1.807) is 24.3 Å². The minimum atomic E-state index is -3.49. The van der Waals surface area contributed by atoms with E-state index in [2.05, 4.69) is 32.8 Å². The van der Waals surface area contributed by atoms with Crippen LogP contribution in [0.15, 0.2) is 45.8 Å². The molecule has 0 amide bonds. The van der Waals surface area contributed by atoms with Crippen molar-refractivity contribution < 1.29 is 49.3 Å². The van der Waals surface area contributed by atoms with E-state index in [0.717, 1.165) is 36.6 Å². The van der Waals surface area contributed by atoms with Crippen molar-refractivity contribution in [2.75, 3.05) is 6.54 Å². The van der Waals surface area contributed by atoms with Crippen molar-refractivity contribution >= 4 is 31.9 Å². The summed E-state index contributed by atoms with van der Waals surface area (Å²) >= 11 is 3.32. The number of halogens is 1. The third-order valence-electron chi connectivity index (χ3n) is 5.46. The molecule has 2 rings (SSSR count). The van der Waals surface area contributed by atoms with Crippen LogP contribution >= 0.6 is 15.9 Å². The topological polar surface area (TPSA) is 83.5 Å². The Hall–Kier alpha value is -0.180. The number of unbranched alkanes of at least 4 members (excludes halogenated alkanes) is 1. The van der Waals surface area contributed by atoms with Gasteiger partial charge in [0.2, 0.25) is 10.0 Å². The second-order valence-corrected chi connectivity index (χ2v) is 10.3. The number of nitrogens with one attached hydrogen (secondary N) is 1. The van der Waals surface area contributed by atoms with Crippen LogP contribution in [0.5, 0.6) is 0 Å². The molecule has 0 saturated heterocycles. The van der Waals surface area contributed by atoms with E-state index in [-0.39, 0.29) is 47.7 Å². The fourth-order valence-electron chi connectivity index (χ4n) is 3.83. The second-order valence-electron chi connectivity index (χ2n) is 7.62. The summed E-state index contributed by atoms with van der Waals surface area (Å²) in [5, 5.41) is 8.69. The Balaban J connectivity index is 0.00000420.